The van der Waals surface area contributed by atoms with Gasteiger partial charge in [0, 0.05) is 38.9 Å². The number of aromatic nitrogens is 1. The molecule has 0 aliphatic carbocycles. The lowest BCUT2D eigenvalue weighted by Gasteiger charge is -2.33. The van der Waals surface area contributed by atoms with Crippen LogP contribution in [0.5, 0.6) is 0 Å². The molecule has 138 valence electrons. The van der Waals surface area contributed by atoms with Crippen molar-refractivity contribution in [1.82, 2.24) is 15.2 Å². The number of nitrogens with zero attached hydrogens (tertiary/aromatic N) is 3. The van der Waals surface area contributed by atoms with Crippen molar-refractivity contribution in [2.75, 3.05) is 43.4 Å². The Morgan fingerprint density at radius 1 is 1.19 bits per heavy atom. The summed E-state index contributed by atoms with van der Waals surface area (Å²) in [7, 11) is 2.12. The molecule has 1 aromatic heterocycles. The van der Waals surface area contributed by atoms with Crippen LogP contribution in [0.25, 0.3) is 0 Å². The Morgan fingerprint density at radius 3 is 2.65 bits per heavy atom. The van der Waals surface area contributed by atoms with Crippen LogP contribution in [-0.4, -0.2) is 49.1 Å². The average molecular weight is 357 g/mol. The Hall–Kier alpha value is -2.67. The molecule has 1 fully saturated rings. The van der Waals surface area contributed by atoms with Gasteiger partial charge < -0.3 is 20.4 Å². The van der Waals surface area contributed by atoms with E-state index in [4.69, 9.17) is 0 Å². The number of halogens is 1. The number of aryl methyl sites for hydroxylation is 1. The summed E-state index contributed by atoms with van der Waals surface area (Å²) in [6.45, 7) is 6.16. The summed E-state index contributed by atoms with van der Waals surface area (Å²) in [6, 6.07) is 8.08. The first-order chi connectivity index (χ1) is 12.5. The lowest BCUT2D eigenvalue weighted by atomic mass is 10.2. The fourth-order valence-electron chi connectivity index (χ4n) is 2.83. The van der Waals surface area contributed by atoms with Crippen LogP contribution in [0.4, 0.5) is 20.7 Å². The Bertz CT molecular complexity index is 757. The second-order valence-electron chi connectivity index (χ2n) is 6.61. The van der Waals surface area contributed by atoms with Gasteiger partial charge in [0.05, 0.1) is 5.69 Å². The molecule has 7 heteroatoms. The first kappa shape index (κ1) is 18.1. The minimum absolute atomic E-state index is 0.172. The van der Waals surface area contributed by atoms with Crippen molar-refractivity contribution in [3.05, 3.63) is 53.5 Å². The molecule has 26 heavy (non-hydrogen) atoms. The highest BCUT2D eigenvalue weighted by Crippen LogP contribution is 2.16. The van der Waals surface area contributed by atoms with E-state index in [-0.39, 0.29) is 5.69 Å². The van der Waals surface area contributed by atoms with Gasteiger partial charge in [-0.15, -0.1) is 0 Å². The average Bonchev–Trinajstić information content (AvgIpc) is 2.64. The van der Waals surface area contributed by atoms with Crippen molar-refractivity contribution >= 4 is 17.5 Å². The van der Waals surface area contributed by atoms with Crippen molar-refractivity contribution in [1.29, 1.82) is 0 Å². The summed E-state index contributed by atoms with van der Waals surface area (Å²) in [4.78, 5) is 21.0. The quantitative estimate of drug-likeness (QED) is 0.883. The van der Waals surface area contributed by atoms with Crippen LogP contribution in [0.1, 0.15) is 11.1 Å². The van der Waals surface area contributed by atoms with E-state index < -0.39 is 11.8 Å². The maximum Gasteiger partial charge on any atom is 0.319 e. The number of urea groups is 1. The van der Waals surface area contributed by atoms with Crippen LogP contribution in [0.15, 0.2) is 36.5 Å². The highest BCUT2D eigenvalue weighted by Gasteiger charge is 2.15. The molecule has 0 spiro atoms. The van der Waals surface area contributed by atoms with E-state index in [1.165, 1.54) is 6.07 Å². The van der Waals surface area contributed by atoms with Crippen molar-refractivity contribution in [3.63, 3.8) is 0 Å². The second-order valence-corrected chi connectivity index (χ2v) is 6.61. The predicted molar refractivity (Wildman–Crippen MR) is 101 cm³/mol. The van der Waals surface area contributed by atoms with E-state index in [1.807, 2.05) is 19.1 Å². The zero-order valence-corrected chi connectivity index (χ0v) is 15.1. The van der Waals surface area contributed by atoms with Crippen LogP contribution in [0.3, 0.4) is 0 Å². The van der Waals surface area contributed by atoms with Crippen LogP contribution in [0, 0.1) is 12.7 Å². The van der Waals surface area contributed by atoms with Crippen molar-refractivity contribution in [2.45, 2.75) is 13.5 Å². The number of anilines is 2. The third kappa shape index (κ3) is 4.70. The number of carbonyl (C=O) groups excluding carboxylic acids is 1. The summed E-state index contributed by atoms with van der Waals surface area (Å²) >= 11 is 0. The number of likely N-dealkylation sites (N-methyl/N-ethyl adjacent to an activating group) is 1. The Balaban J connectivity index is 1.51. The first-order valence-electron chi connectivity index (χ1n) is 8.71. The van der Waals surface area contributed by atoms with Gasteiger partial charge in [0.1, 0.15) is 11.6 Å². The zero-order valence-electron chi connectivity index (χ0n) is 15.1. The van der Waals surface area contributed by atoms with Gasteiger partial charge in [-0.2, -0.15) is 0 Å². The summed E-state index contributed by atoms with van der Waals surface area (Å²) in [6.07, 6.45) is 1.77. The Kier molecular flexibility index (Phi) is 5.68. The summed E-state index contributed by atoms with van der Waals surface area (Å²) in [5.41, 5.74) is 1.94. The van der Waals surface area contributed by atoms with Crippen molar-refractivity contribution < 1.29 is 9.18 Å². The Labute approximate surface area is 153 Å². The molecule has 3 rings (SSSR count). The van der Waals surface area contributed by atoms with Gasteiger partial charge in [-0.25, -0.2) is 14.2 Å². The van der Waals surface area contributed by atoms with Crippen molar-refractivity contribution in [2.24, 2.45) is 0 Å². The molecular formula is C19H24FN5O. The molecule has 1 saturated heterocycles. The molecule has 0 atom stereocenters. The van der Waals surface area contributed by atoms with E-state index in [0.717, 1.165) is 43.1 Å². The van der Waals surface area contributed by atoms with Gasteiger partial charge in [-0.1, -0.05) is 12.1 Å². The van der Waals surface area contributed by atoms with E-state index in [2.05, 4.69) is 32.5 Å². The number of pyridine rings is 1. The van der Waals surface area contributed by atoms with Gasteiger partial charge in [0.25, 0.3) is 0 Å². The van der Waals surface area contributed by atoms with Crippen LogP contribution < -0.4 is 15.5 Å². The number of piperazine rings is 1. The van der Waals surface area contributed by atoms with Gasteiger partial charge in [-0.3, -0.25) is 0 Å². The normalized spacial score (nSPS) is 15.0. The molecular weight excluding hydrogens is 333 g/mol. The molecule has 6 nitrogen and oxygen atoms in total. The van der Waals surface area contributed by atoms with Gasteiger partial charge in [-0.05, 0) is 43.3 Å². The van der Waals surface area contributed by atoms with Gasteiger partial charge in [0.2, 0.25) is 0 Å². The third-order valence-electron chi connectivity index (χ3n) is 4.46. The molecule has 0 unspecified atom stereocenters. The summed E-state index contributed by atoms with van der Waals surface area (Å²) in [5, 5.41) is 5.25. The molecule has 0 saturated carbocycles. The SMILES string of the molecule is Cc1ccc(F)c(NC(=O)NCc2ccc(N3CCN(C)CC3)nc2)c1. The fourth-order valence-corrected chi connectivity index (χ4v) is 2.83. The molecule has 1 aliphatic heterocycles. The molecule has 2 heterocycles. The number of carbonyl (C=O) groups is 1. The van der Waals surface area contributed by atoms with Gasteiger partial charge in [0.15, 0.2) is 0 Å². The number of benzene rings is 1. The molecule has 2 aromatic rings. The number of nitrogens with one attached hydrogen (secondary N) is 2. The zero-order chi connectivity index (χ0) is 18.5. The smallest absolute Gasteiger partial charge is 0.319 e. The molecule has 0 bridgehead atoms. The van der Waals surface area contributed by atoms with E-state index in [1.54, 1.807) is 18.3 Å². The first-order valence-corrected chi connectivity index (χ1v) is 8.71. The van der Waals surface area contributed by atoms with Crippen LogP contribution in [-0.2, 0) is 6.54 Å². The second kappa shape index (κ2) is 8.14. The number of amides is 2. The van der Waals surface area contributed by atoms with Gasteiger partial charge >= 0.3 is 6.03 Å². The topological polar surface area (TPSA) is 60.5 Å². The van der Waals surface area contributed by atoms with E-state index >= 15 is 0 Å². The largest absolute Gasteiger partial charge is 0.354 e. The fraction of sp³-hybridized carbons (Fsp3) is 0.368. The highest BCUT2D eigenvalue weighted by atomic mass is 19.1. The predicted octanol–water partition coefficient (Wildman–Crippen LogP) is 2.60. The standard InChI is InChI=1S/C19H24FN5O/c1-14-3-5-16(20)17(11-14)23-19(26)22-13-15-4-6-18(21-12-15)25-9-7-24(2)8-10-25/h3-6,11-12H,7-10,13H2,1-2H3,(H2,22,23,26). The van der Waals surface area contributed by atoms with Crippen LogP contribution in [0.2, 0.25) is 0 Å². The summed E-state index contributed by atoms with van der Waals surface area (Å²) in [5.74, 6) is 0.497. The summed E-state index contributed by atoms with van der Waals surface area (Å²) < 4.78 is 13.7. The highest BCUT2D eigenvalue weighted by molar-refractivity contribution is 5.89. The molecule has 1 aromatic carbocycles. The lowest BCUT2D eigenvalue weighted by molar-refractivity contribution is 0.251. The van der Waals surface area contributed by atoms with E-state index in [9.17, 15) is 9.18 Å². The van der Waals surface area contributed by atoms with Crippen molar-refractivity contribution in [3.8, 4) is 0 Å². The molecule has 0 radical (unpaired) electrons. The van der Waals surface area contributed by atoms with Crippen LogP contribution >= 0.6 is 0 Å². The molecule has 2 N–H and O–H groups in total. The molecule has 1 aliphatic rings. The van der Waals surface area contributed by atoms with E-state index in [0.29, 0.717) is 6.54 Å². The lowest BCUT2D eigenvalue weighted by Crippen LogP contribution is -2.44. The number of hydrogen-bond donors (Lipinski definition) is 2. The third-order valence-corrected chi connectivity index (χ3v) is 4.46. The molecule has 2 amide bonds. The minimum atomic E-state index is -0.455. The maximum absolute atomic E-state index is 13.7. The Morgan fingerprint density at radius 2 is 1.96 bits per heavy atom. The number of rotatable bonds is 4. The minimum Gasteiger partial charge on any atom is -0.354 e. The monoisotopic (exact) mass is 357 g/mol. The maximum atomic E-state index is 13.7. The number of hydrogen-bond acceptors (Lipinski definition) is 4.